The molecule has 1 atom stereocenters. The summed E-state index contributed by atoms with van der Waals surface area (Å²) in [5.74, 6) is -3.51. The van der Waals surface area contributed by atoms with E-state index in [1.165, 1.54) is 6.92 Å². The molecule has 0 aromatic heterocycles. The minimum atomic E-state index is -1.24. The Kier molecular flexibility index (Phi) is 3.93. The fraction of sp³-hybridized carbons (Fsp3) is 0.625. The van der Waals surface area contributed by atoms with Gasteiger partial charge in [0.2, 0.25) is 0 Å². The van der Waals surface area contributed by atoms with E-state index in [1.807, 2.05) is 0 Å². The molecule has 0 aliphatic heterocycles. The number of hydrogen-bond acceptors (Lipinski definition) is 1. The highest BCUT2D eigenvalue weighted by Gasteiger charge is 2.15. The van der Waals surface area contributed by atoms with Crippen molar-refractivity contribution in [3.05, 3.63) is 11.7 Å². The molecule has 0 bridgehead atoms. The van der Waals surface area contributed by atoms with Gasteiger partial charge in [-0.3, -0.25) is 4.79 Å². The van der Waals surface area contributed by atoms with Crippen molar-refractivity contribution in [2.75, 3.05) is 0 Å². The molecule has 0 aromatic carbocycles. The minimum Gasteiger partial charge on any atom is -0.292 e. The first-order valence-corrected chi connectivity index (χ1v) is 3.56. The van der Waals surface area contributed by atoms with Gasteiger partial charge in [0.25, 0.3) is 0 Å². The van der Waals surface area contributed by atoms with Gasteiger partial charge < -0.3 is 0 Å². The van der Waals surface area contributed by atoms with Gasteiger partial charge in [-0.1, -0.05) is 13.8 Å². The van der Waals surface area contributed by atoms with Crippen LogP contribution in [0.25, 0.3) is 0 Å². The molecule has 0 radical (unpaired) electrons. The first-order valence-electron chi connectivity index (χ1n) is 3.56. The molecule has 0 aliphatic rings. The molecule has 0 saturated carbocycles. The first-order chi connectivity index (χ1) is 5.00. The number of rotatable bonds is 3. The second-order valence-corrected chi connectivity index (χ2v) is 2.53. The van der Waals surface area contributed by atoms with Gasteiger partial charge in [-0.05, 0) is 6.42 Å². The summed E-state index contributed by atoms with van der Waals surface area (Å²) in [4.78, 5) is 10.3. The molecule has 0 rings (SSSR count). The predicted molar refractivity (Wildman–Crippen MR) is 39.4 cm³/mol. The minimum absolute atomic E-state index is 0.493. The predicted octanol–water partition coefficient (Wildman–Crippen LogP) is 2.77. The van der Waals surface area contributed by atoms with E-state index in [9.17, 15) is 13.6 Å². The fourth-order valence-electron chi connectivity index (χ4n) is 0.564. The van der Waals surface area contributed by atoms with E-state index < -0.39 is 23.4 Å². The molecule has 1 nitrogen and oxygen atoms in total. The van der Waals surface area contributed by atoms with E-state index in [0.717, 1.165) is 6.92 Å². The molecule has 0 amide bonds. The summed E-state index contributed by atoms with van der Waals surface area (Å²) in [6, 6.07) is 0. The van der Waals surface area contributed by atoms with Crippen molar-refractivity contribution in [1.29, 1.82) is 0 Å². The highest BCUT2D eigenvalue weighted by molar-refractivity contribution is 5.91. The Labute approximate surface area is 65.1 Å². The van der Waals surface area contributed by atoms with E-state index in [2.05, 4.69) is 0 Å². The Morgan fingerprint density at radius 3 is 2.18 bits per heavy atom. The van der Waals surface area contributed by atoms with E-state index in [1.54, 1.807) is 6.92 Å². The maximum Gasteiger partial charge on any atom is 0.197 e. The van der Waals surface area contributed by atoms with Crippen molar-refractivity contribution in [3.8, 4) is 0 Å². The molecule has 0 fully saturated rings. The van der Waals surface area contributed by atoms with Gasteiger partial charge in [-0.15, -0.1) is 0 Å². The zero-order valence-electron chi connectivity index (χ0n) is 6.95. The van der Waals surface area contributed by atoms with Crippen LogP contribution in [0.15, 0.2) is 11.7 Å². The summed E-state index contributed by atoms with van der Waals surface area (Å²) >= 11 is 0. The van der Waals surface area contributed by atoms with Gasteiger partial charge in [-0.25, -0.2) is 8.78 Å². The SMILES string of the molecule is CCC(C)/C(F)=C(\F)C(C)=O. The first kappa shape index (κ1) is 10.3. The van der Waals surface area contributed by atoms with Gasteiger partial charge in [0.1, 0.15) is 5.83 Å². The maximum absolute atomic E-state index is 12.7. The average molecular weight is 162 g/mol. The number of hydrogen-bond donors (Lipinski definition) is 0. The number of Topliss-reactive ketones (excluding diaryl/α,β-unsaturated/α-hetero) is 1. The third-order valence-electron chi connectivity index (χ3n) is 1.56. The Morgan fingerprint density at radius 1 is 1.45 bits per heavy atom. The topological polar surface area (TPSA) is 17.1 Å². The second kappa shape index (κ2) is 4.21. The van der Waals surface area contributed by atoms with E-state index in [0.29, 0.717) is 6.42 Å². The zero-order chi connectivity index (χ0) is 9.02. The Hall–Kier alpha value is -0.730. The van der Waals surface area contributed by atoms with Crippen molar-refractivity contribution in [1.82, 2.24) is 0 Å². The van der Waals surface area contributed by atoms with Gasteiger partial charge in [0, 0.05) is 12.8 Å². The summed E-state index contributed by atoms with van der Waals surface area (Å²) in [7, 11) is 0. The van der Waals surface area contributed by atoms with Crippen molar-refractivity contribution < 1.29 is 13.6 Å². The number of allylic oxidation sites excluding steroid dienone is 2. The Balaban J connectivity index is 4.51. The third-order valence-corrected chi connectivity index (χ3v) is 1.56. The van der Waals surface area contributed by atoms with Gasteiger partial charge >= 0.3 is 0 Å². The number of ketones is 1. The van der Waals surface area contributed by atoms with Crippen molar-refractivity contribution in [3.63, 3.8) is 0 Å². The lowest BCUT2D eigenvalue weighted by Crippen LogP contribution is -2.00. The normalized spacial score (nSPS) is 15.7. The van der Waals surface area contributed by atoms with Crippen LogP contribution >= 0.6 is 0 Å². The molecule has 3 heteroatoms. The van der Waals surface area contributed by atoms with E-state index in [-0.39, 0.29) is 0 Å². The molecular weight excluding hydrogens is 150 g/mol. The molecule has 0 N–H and O–H groups in total. The smallest absolute Gasteiger partial charge is 0.197 e. The van der Waals surface area contributed by atoms with Crippen LogP contribution in [0.4, 0.5) is 8.78 Å². The van der Waals surface area contributed by atoms with E-state index >= 15 is 0 Å². The molecule has 1 unspecified atom stereocenters. The summed E-state index contributed by atoms with van der Waals surface area (Å²) in [5.41, 5.74) is 0. The third kappa shape index (κ3) is 2.78. The van der Waals surface area contributed by atoms with Crippen LogP contribution < -0.4 is 0 Å². The number of carbonyl (C=O) groups is 1. The zero-order valence-corrected chi connectivity index (χ0v) is 6.95. The monoisotopic (exact) mass is 162 g/mol. The molecular formula is C8H12F2O. The van der Waals surface area contributed by atoms with Crippen LogP contribution in [-0.4, -0.2) is 5.78 Å². The van der Waals surface area contributed by atoms with Crippen LogP contribution in [0.3, 0.4) is 0 Å². The van der Waals surface area contributed by atoms with Crippen molar-refractivity contribution >= 4 is 5.78 Å². The molecule has 0 aliphatic carbocycles. The average Bonchev–Trinajstić information content (AvgIpc) is 2.00. The highest BCUT2D eigenvalue weighted by Crippen LogP contribution is 2.20. The molecule has 11 heavy (non-hydrogen) atoms. The van der Waals surface area contributed by atoms with Crippen LogP contribution in [0.1, 0.15) is 27.2 Å². The number of carbonyl (C=O) groups excluding carboxylic acids is 1. The molecule has 0 saturated heterocycles. The fourth-order valence-corrected chi connectivity index (χ4v) is 0.564. The van der Waals surface area contributed by atoms with Crippen molar-refractivity contribution in [2.24, 2.45) is 5.92 Å². The Morgan fingerprint density at radius 2 is 1.91 bits per heavy atom. The lowest BCUT2D eigenvalue weighted by Gasteiger charge is -2.04. The lowest BCUT2D eigenvalue weighted by atomic mass is 10.1. The van der Waals surface area contributed by atoms with Gasteiger partial charge in [-0.2, -0.15) is 0 Å². The summed E-state index contributed by atoms with van der Waals surface area (Å²) in [6.45, 7) is 4.28. The summed E-state index contributed by atoms with van der Waals surface area (Å²) in [6.07, 6.45) is 0.493. The van der Waals surface area contributed by atoms with Gasteiger partial charge in [0.05, 0.1) is 0 Å². The van der Waals surface area contributed by atoms with Crippen LogP contribution in [-0.2, 0) is 4.79 Å². The summed E-state index contributed by atoms with van der Waals surface area (Å²) in [5, 5.41) is 0. The van der Waals surface area contributed by atoms with Gasteiger partial charge in [0.15, 0.2) is 11.6 Å². The highest BCUT2D eigenvalue weighted by atomic mass is 19.2. The van der Waals surface area contributed by atoms with Crippen LogP contribution in [0, 0.1) is 5.92 Å². The van der Waals surface area contributed by atoms with Crippen LogP contribution in [0.5, 0.6) is 0 Å². The quantitative estimate of drug-likeness (QED) is 0.583. The largest absolute Gasteiger partial charge is 0.292 e. The molecule has 64 valence electrons. The molecule has 0 spiro atoms. The Bertz CT molecular complexity index is 185. The second-order valence-electron chi connectivity index (χ2n) is 2.53. The standard InChI is InChI=1S/C8H12F2O/c1-4-5(2)7(9)8(10)6(3)11/h5H,4H2,1-3H3/b8-7+. The maximum atomic E-state index is 12.7. The summed E-state index contributed by atoms with van der Waals surface area (Å²) < 4.78 is 25.2. The molecule has 0 aromatic rings. The van der Waals surface area contributed by atoms with Crippen molar-refractivity contribution in [2.45, 2.75) is 27.2 Å². The van der Waals surface area contributed by atoms with Crippen LogP contribution in [0.2, 0.25) is 0 Å². The number of halogens is 2. The lowest BCUT2D eigenvalue weighted by molar-refractivity contribution is -0.115. The van der Waals surface area contributed by atoms with E-state index in [4.69, 9.17) is 0 Å². The molecule has 0 heterocycles.